The second-order valence-corrected chi connectivity index (χ2v) is 2.50. The first-order valence-electron chi connectivity index (χ1n) is 4.16. The lowest BCUT2D eigenvalue weighted by molar-refractivity contribution is 0.415. The Morgan fingerprint density at radius 2 is 1.92 bits per heavy atom. The van der Waals surface area contributed by atoms with E-state index in [1.807, 2.05) is 43.3 Å². The minimum atomic E-state index is 0.852. The molecule has 68 valence electrons. The third-order valence-corrected chi connectivity index (χ3v) is 1.57. The molecule has 2 heteroatoms. The fraction of sp³-hybridized carbons (Fsp3) is 0.182. The minimum Gasteiger partial charge on any atom is -0.497 e. The maximum absolute atomic E-state index is 5.03. The summed E-state index contributed by atoms with van der Waals surface area (Å²) in [5, 5.41) is 0. The van der Waals surface area contributed by atoms with Gasteiger partial charge < -0.3 is 4.74 Å². The summed E-state index contributed by atoms with van der Waals surface area (Å²) in [6.07, 6.45) is 5.60. The van der Waals surface area contributed by atoms with Crippen molar-refractivity contribution >= 4 is 11.9 Å². The Kier molecular flexibility index (Phi) is 3.76. The third kappa shape index (κ3) is 3.11. The number of hydrogen-bond donors (Lipinski definition) is 0. The van der Waals surface area contributed by atoms with E-state index < -0.39 is 0 Å². The van der Waals surface area contributed by atoms with Gasteiger partial charge in [0, 0.05) is 6.21 Å². The van der Waals surface area contributed by atoms with Gasteiger partial charge in [-0.05, 0) is 37.3 Å². The zero-order chi connectivity index (χ0) is 9.52. The first kappa shape index (κ1) is 9.52. The average Bonchev–Trinajstić information content (AvgIpc) is 2.19. The smallest absolute Gasteiger partial charge is 0.119 e. The van der Waals surface area contributed by atoms with Crippen molar-refractivity contribution < 1.29 is 4.74 Å². The Labute approximate surface area is 78.6 Å². The highest BCUT2D eigenvalue weighted by Crippen LogP contribution is 2.16. The number of hydrogen-bond acceptors (Lipinski definition) is 2. The van der Waals surface area contributed by atoms with Crippen LogP contribution in [0, 0.1) is 0 Å². The molecule has 0 aliphatic rings. The largest absolute Gasteiger partial charge is 0.497 e. The molecule has 0 spiro atoms. The molecule has 2 nitrogen and oxygen atoms in total. The van der Waals surface area contributed by atoms with E-state index in [1.54, 1.807) is 13.3 Å². The maximum Gasteiger partial charge on any atom is 0.119 e. The van der Waals surface area contributed by atoms with Crippen LogP contribution < -0.4 is 4.74 Å². The normalized spacial score (nSPS) is 11.2. The van der Waals surface area contributed by atoms with Crippen LogP contribution in [-0.2, 0) is 0 Å². The van der Waals surface area contributed by atoms with E-state index in [0.29, 0.717) is 0 Å². The SMILES string of the molecule is C/C=C/C=N/c1ccc(OC)cc1. The predicted octanol–water partition coefficient (Wildman–Crippen LogP) is 2.97. The highest BCUT2D eigenvalue weighted by atomic mass is 16.5. The van der Waals surface area contributed by atoms with Gasteiger partial charge in [-0.1, -0.05) is 6.08 Å². The topological polar surface area (TPSA) is 21.6 Å². The Morgan fingerprint density at radius 1 is 1.23 bits per heavy atom. The average molecular weight is 175 g/mol. The predicted molar refractivity (Wildman–Crippen MR) is 56.0 cm³/mol. The number of nitrogens with zero attached hydrogens (tertiary/aromatic N) is 1. The molecule has 13 heavy (non-hydrogen) atoms. The van der Waals surface area contributed by atoms with E-state index in [4.69, 9.17) is 4.74 Å². The van der Waals surface area contributed by atoms with Gasteiger partial charge in [0.1, 0.15) is 5.75 Å². The summed E-state index contributed by atoms with van der Waals surface area (Å²) in [6.45, 7) is 1.96. The van der Waals surface area contributed by atoms with E-state index in [1.165, 1.54) is 0 Å². The summed E-state index contributed by atoms with van der Waals surface area (Å²) in [5.74, 6) is 0.852. The summed E-state index contributed by atoms with van der Waals surface area (Å²) in [6, 6.07) is 7.61. The van der Waals surface area contributed by atoms with E-state index in [2.05, 4.69) is 4.99 Å². The number of ether oxygens (including phenoxy) is 1. The fourth-order valence-electron chi connectivity index (χ4n) is 0.883. The zero-order valence-electron chi connectivity index (χ0n) is 7.90. The quantitative estimate of drug-likeness (QED) is 0.647. The second-order valence-electron chi connectivity index (χ2n) is 2.50. The van der Waals surface area contributed by atoms with Gasteiger partial charge in [-0.3, -0.25) is 4.99 Å². The molecule has 1 aromatic rings. The fourth-order valence-corrected chi connectivity index (χ4v) is 0.883. The van der Waals surface area contributed by atoms with Crippen molar-refractivity contribution in [2.45, 2.75) is 6.92 Å². The van der Waals surface area contributed by atoms with Gasteiger partial charge in [0.15, 0.2) is 0 Å². The molecule has 0 amide bonds. The number of methoxy groups -OCH3 is 1. The van der Waals surface area contributed by atoms with Crippen molar-refractivity contribution in [3.63, 3.8) is 0 Å². The van der Waals surface area contributed by atoms with Crippen LogP contribution in [0.3, 0.4) is 0 Å². The molecule has 0 atom stereocenters. The van der Waals surface area contributed by atoms with Gasteiger partial charge in [-0.25, -0.2) is 0 Å². The summed E-state index contributed by atoms with van der Waals surface area (Å²) in [7, 11) is 1.65. The second kappa shape index (κ2) is 5.14. The summed E-state index contributed by atoms with van der Waals surface area (Å²) in [5.41, 5.74) is 0.930. The number of allylic oxidation sites excluding steroid dienone is 2. The third-order valence-electron chi connectivity index (χ3n) is 1.57. The molecule has 0 N–H and O–H groups in total. The molecule has 0 fully saturated rings. The van der Waals surface area contributed by atoms with Gasteiger partial charge in [0.05, 0.1) is 12.8 Å². The van der Waals surface area contributed by atoms with Crippen LogP contribution in [0.25, 0.3) is 0 Å². The highest BCUT2D eigenvalue weighted by Gasteiger charge is 1.89. The van der Waals surface area contributed by atoms with E-state index >= 15 is 0 Å². The Bertz CT molecular complexity index is 298. The van der Waals surface area contributed by atoms with E-state index in [9.17, 15) is 0 Å². The van der Waals surface area contributed by atoms with E-state index in [0.717, 1.165) is 11.4 Å². The van der Waals surface area contributed by atoms with Crippen LogP contribution in [0.5, 0.6) is 5.75 Å². The van der Waals surface area contributed by atoms with Crippen molar-refractivity contribution in [2.75, 3.05) is 7.11 Å². The van der Waals surface area contributed by atoms with Crippen molar-refractivity contribution in [1.82, 2.24) is 0 Å². The monoisotopic (exact) mass is 175 g/mol. The van der Waals surface area contributed by atoms with Crippen molar-refractivity contribution in [3.8, 4) is 5.75 Å². The van der Waals surface area contributed by atoms with Gasteiger partial charge in [-0.15, -0.1) is 0 Å². The maximum atomic E-state index is 5.03. The Morgan fingerprint density at radius 3 is 2.46 bits per heavy atom. The molecule has 0 saturated carbocycles. The molecule has 0 aromatic heterocycles. The molecule has 0 bridgehead atoms. The highest BCUT2D eigenvalue weighted by molar-refractivity contribution is 5.74. The van der Waals surface area contributed by atoms with Crippen LogP contribution in [0.2, 0.25) is 0 Å². The van der Waals surface area contributed by atoms with Crippen molar-refractivity contribution in [1.29, 1.82) is 0 Å². The molecular weight excluding hydrogens is 162 g/mol. The molecule has 1 rings (SSSR count). The van der Waals surface area contributed by atoms with Crippen molar-refractivity contribution in [3.05, 3.63) is 36.4 Å². The lowest BCUT2D eigenvalue weighted by Crippen LogP contribution is -1.79. The summed E-state index contributed by atoms with van der Waals surface area (Å²) >= 11 is 0. The van der Waals surface area contributed by atoms with Gasteiger partial charge >= 0.3 is 0 Å². The van der Waals surface area contributed by atoms with Crippen LogP contribution in [0.4, 0.5) is 5.69 Å². The minimum absolute atomic E-state index is 0.852. The van der Waals surface area contributed by atoms with Crippen LogP contribution in [0.15, 0.2) is 41.4 Å². The van der Waals surface area contributed by atoms with Gasteiger partial charge in [-0.2, -0.15) is 0 Å². The standard InChI is InChI=1S/C11H13NO/c1-3-4-9-12-10-5-7-11(13-2)8-6-10/h3-9H,1-2H3/b4-3+,12-9+. The molecular formula is C11H13NO. The zero-order valence-corrected chi connectivity index (χ0v) is 7.90. The molecule has 0 aliphatic heterocycles. The van der Waals surface area contributed by atoms with Crippen LogP contribution in [0.1, 0.15) is 6.92 Å². The number of aliphatic imine (C=N–C) groups is 1. The molecule has 0 radical (unpaired) electrons. The summed E-state index contributed by atoms with van der Waals surface area (Å²) < 4.78 is 5.03. The van der Waals surface area contributed by atoms with Crippen LogP contribution >= 0.6 is 0 Å². The summed E-state index contributed by atoms with van der Waals surface area (Å²) in [4.78, 5) is 4.20. The first-order valence-corrected chi connectivity index (χ1v) is 4.16. The molecule has 0 unspecified atom stereocenters. The molecule has 1 aromatic carbocycles. The van der Waals surface area contributed by atoms with Gasteiger partial charge in [0.25, 0.3) is 0 Å². The first-order chi connectivity index (χ1) is 6.36. The van der Waals surface area contributed by atoms with Gasteiger partial charge in [0.2, 0.25) is 0 Å². The number of benzene rings is 1. The van der Waals surface area contributed by atoms with Crippen molar-refractivity contribution in [2.24, 2.45) is 4.99 Å². The molecule has 0 aliphatic carbocycles. The lowest BCUT2D eigenvalue weighted by Gasteiger charge is -1.97. The lowest BCUT2D eigenvalue weighted by atomic mass is 10.3. The number of rotatable bonds is 3. The Balaban J connectivity index is 2.69. The molecule has 0 heterocycles. The molecule has 0 saturated heterocycles. The Hall–Kier alpha value is -1.57. The van der Waals surface area contributed by atoms with E-state index in [-0.39, 0.29) is 0 Å². The van der Waals surface area contributed by atoms with Crippen LogP contribution in [-0.4, -0.2) is 13.3 Å².